The SMILES string of the molecule is Cc1cc(C(=O)N2CCC(CN(C(=O)Nc3ccc(F)c(Cl)c3)[C@@H]3CC[C@]4(c5cccc(C#N)c5)C[C@@H]4C3)CC2)no1. The molecule has 2 aromatic carbocycles. The van der Waals surface area contributed by atoms with Gasteiger partial charge in [0.05, 0.1) is 16.7 Å². The molecule has 10 heteroatoms. The maximum absolute atomic E-state index is 13.8. The number of halogens is 2. The summed E-state index contributed by atoms with van der Waals surface area (Å²) in [5, 5.41) is 16.2. The van der Waals surface area contributed by atoms with Crippen molar-refractivity contribution in [1.29, 1.82) is 5.26 Å². The molecule has 3 fully saturated rings. The zero-order chi connectivity index (χ0) is 29.4. The average Bonchev–Trinajstić information content (AvgIpc) is 3.60. The lowest BCUT2D eigenvalue weighted by Crippen LogP contribution is -2.49. The fourth-order valence-corrected chi connectivity index (χ4v) is 7.12. The lowest BCUT2D eigenvalue weighted by atomic mass is 9.79. The Morgan fingerprint density at radius 2 is 2.02 bits per heavy atom. The summed E-state index contributed by atoms with van der Waals surface area (Å²) in [5.74, 6) is 0.611. The smallest absolute Gasteiger partial charge is 0.322 e. The van der Waals surface area contributed by atoms with Gasteiger partial charge in [0.2, 0.25) is 0 Å². The van der Waals surface area contributed by atoms with Crippen LogP contribution in [0, 0.1) is 35.9 Å². The number of benzene rings is 2. The molecular weight excluding hydrogens is 557 g/mol. The van der Waals surface area contributed by atoms with E-state index in [-0.39, 0.29) is 34.3 Å². The Morgan fingerprint density at radius 1 is 1.21 bits per heavy atom. The predicted octanol–water partition coefficient (Wildman–Crippen LogP) is 6.54. The van der Waals surface area contributed by atoms with E-state index in [1.807, 2.05) is 23.1 Å². The Morgan fingerprint density at radius 3 is 2.71 bits per heavy atom. The van der Waals surface area contributed by atoms with Crippen LogP contribution in [-0.2, 0) is 5.41 Å². The number of likely N-dealkylation sites (tertiary alicyclic amines) is 1. The Bertz CT molecular complexity index is 1540. The summed E-state index contributed by atoms with van der Waals surface area (Å²) in [6, 6.07) is 15.9. The standard InChI is InChI=1S/C32H33ClFN5O3/c1-20-13-29(37-42-20)30(40)38-11-8-21(9-12-38)19-39(31(41)36-25-5-6-28(34)27(33)16-25)26-7-10-32(17-24(32)15-26)23-4-2-3-22(14-23)18-35/h2-6,13-14,16,21,24,26H,7-12,15,17,19H2,1H3,(H,36,41)/t24-,26+,32+/m0/s1. The molecule has 0 spiro atoms. The van der Waals surface area contributed by atoms with E-state index in [0.717, 1.165) is 38.5 Å². The summed E-state index contributed by atoms with van der Waals surface area (Å²) in [6.07, 6.45) is 5.30. The lowest BCUT2D eigenvalue weighted by molar-refractivity contribution is 0.0646. The second-order valence-corrected chi connectivity index (χ2v) is 12.4. The second kappa shape index (κ2) is 11.4. The van der Waals surface area contributed by atoms with Crippen molar-refractivity contribution >= 4 is 29.2 Å². The molecule has 42 heavy (non-hydrogen) atoms. The zero-order valence-electron chi connectivity index (χ0n) is 23.5. The topological polar surface area (TPSA) is 102 Å². The number of urea groups is 1. The van der Waals surface area contributed by atoms with Gasteiger partial charge in [-0.3, -0.25) is 4.79 Å². The molecule has 0 radical (unpaired) electrons. The van der Waals surface area contributed by atoms with Crippen molar-refractivity contribution in [3.05, 3.63) is 82.0 Å². The Labute approximate surface area is 249 Å². The number of nitrogens with zero attached hydrogens (tertiary/aromatic N) is 4. The Kier molecular flexibility index (Phi) is 7.67. The van der Waals surface area contributed by atoms with E-state index in [4.69, 9.17) is 16.1 Å². The first kappa shape index (κ1) is 28.2. The quantitative estimate of drug-likeness (QED) is 0.351. The number of aromatic nitrogens is 1. The predicted molar refractivity (Wildman–Crippen MR) is 156 cm³/mol. The molecular formula is C32H33ClFN5O3. The molecule has 3 aliphatic rings. The van der Waals surface area contributed by atoms with E-state index in [1.54, 1.807) is 17.9 Å². The van der Waals surface area contributed by atoms with Crippen LogP contribution in [0.25, 0.3) is 0 Å². The van der Waals surface area contributed by atoms with Crippen molar-refractivity contribution < 1.29 is 18.5 Å². The molecule has 0 bridgehead atoms. The van der Waals surface area contributed by atoms with Gasteiger partial charge in [-0.1, -0.05) is 28.9 Å². The van der Waals surface area contributed by atoms with Crippen molar-refractivity contribution in [2.45, 2.75) is 56.9 Å². The van der Waals surface area contributed by atoms with Crippen molar-refractivity contribution in [3.63, 3.8) is 0 Å². The Balaban J connectivity index is 1.15. The average molecular weight is 590 g/mol. The molecule has 1 aromatic heterocycles. The van der Waals surface area contributed by atoms with Gasteiger partial charge in [-0.2, -0.15) is 5.26 Å². The number of carbonyl (C=O) groups is 2. The molecule has 2 heterocycles. The van der Waals surface area contributed by atoms with Crippen LogP contribution in [0.2, 0.25) is 5.02 Å². The first-order valence-electron chi connectivity index (χ1n) is 14.5. The number of nitrogens with one attached hydrogen (secondary N) is 1. The molecule has 218 valence electrons. The summed E-state index contributed by atoms with van der Waals surface area (Å²) in [4.78, 5) is 30.4. The molecule has 1 saturated heterocycles. The number of carbonyl (C=O) groups excluding carboxylic acids is 2. The third-order valence-corrected chi connectivity index (χ3v) is 9.64. The van der Waals surface area contributed by atoms with Crippen LogP contribution in [0.5, 0.6) is 0 Å². The van der Waals surface area contributed by atoms with Crippen LogP contribution in [0.1, 0.15) is 65.9 Å². The molecule has 2 saturated carbocycles. The molecule has 2 aliphatic carbocycles. The monoisotopic (exact) mass is 589 g/mol. The van der Waals surface area contributed by atoms with E-state index in [9.17, 15) is 19.2 Å². The van der Waals surface area contributed by atoms with Crippen molar-refractivity contribution in [1.82, 2.24) is 15.0 Å². The third-order valence-electron chi connectivity index (χ3n) is 9.36. The van der Waals surface area contributed by atoms with Crippen molar-refractivity contribution in [2.24, 2.45) is 11.8 Å². The number of nitriles is 1. The highest BCUT2D eigenvalue weighted by molar-refractivity contribution is 6.31. The summed E-state index contributed by atoms with van der Waals surface area (Å²) < 4.78 is 18.8. The minimum Gasteiger partial charge on any atom is -0.361 e. The van der Waals surface area contributed by atoms with Gasteiger partial charge in [0, 0.05) is 37.4 Å². The largest absolute Gasteiger partial charge is 0.361 e. The number of amides is 3. The summed E-state index contributed by atoms with van der Waals surface area (Å²) in [7, 11) is 0. The van der Waals surface area contributed by atoms with Gasteiger partial charge in [0.25, 0.3) is 5.91 Å². The van der Waals surface area contributed by atoms with Gasteiger partial charge < -0.3 is 19.6 Å². The number of anilines is 1. The van der Waals surface area contributed by atoms with Crippen LogP contribution < -0.4 is 5.32 Å². The summed E-state index contributed by atoms with van der Waals surface area (Å²) in [5.41, 5.74) is 2.75. The molecule has 3 atom stereocenters. The van der Waals surface area contributed by atoms with Gasteiger partial charge in [0.15, 0.2) is 5.69 Å². The number of fused-ring (bicyclic) bond motifs is 1. The van der Waals surface area contributed by atoms with Crippen LogP contribution >= 0.6 is 11.6 Å². The van der Waals surface area contributed by atoms with Crippen molar-refractivity contribution in [2.75, 3.05) is 25.0 Å². The van der Waals surface area contributed by atoms with Gasteiger partial charge in [-0.05, 0) is 98.6 Å². The molecule has 1 N–H and O–H groups in total. The molecule has 1 aliphatic heterocycles. The van der Waals surface area contributed by atoms with E-state index in [1.165, 1.54) is 23.8 Å². The summed E-state index contributed by atoms with van der Waals surface area (Å²) in [6.45, 7) is 3.50. The zero-order valence-corrected chi connectivity index (χ0v) is 24.2. The van der Waals surface area contributed by atoms with E-state index >= 15 is 0 Å². The lowest BCUT2D eigenvalue weighted by Gasteiger charge is -2.40. The number of hydrogen-bond donors (Lipinski definition) is 1. The molecule has 3 aromatic rings. The number of aryl methyl sites for hydroxylation is 1. The molecule has 0 unspecified atom stereocenters. The van der Waals surface area contributed by atoms with Gasteiger partial charge >= 0.3 is 6.03 Å². The number of hydrogen-bond acceptors (Lipinski definition) is 5. The maximum atomic E-state index is 13.8. The number of rotatable bonds is 6. The van der Waals surface area contributed by atoms with Crippen molar-refractivity contribution in [3.8, 4) is 6.07 Å². The highest BCUT2D eigenvalue weighted by Gasteiger charge is 2.58. The van der Waals surface area contributed by atoms with Crippen LogP contribution in [0.15, 0.2) is 53.1 Å². The van der Waals surface area contributed by atoms with Crippen LogP contribution in [0.3, 0.4) is 0 Å². The maximum Gasteiger partial charge on any atom is 0.322 e. The normalized spacial score (nSPS) is 23.5. The fraction of sp³-hybridized carbons (Fsp3) is 0.438. The highest BCUT2D eigenvalue weighted by Crippen LogP contribution is 2.63. The minimum atomic E-state index is -0.536. The van der Waals surface area contributed by atoms with Crippen LogP contribution in [-0.4, -0.2) is 52.6 Å². The van der Waals surface area contributed by atoms with Gasteiger partial charge in [-0.15, -0.1) is 0 Å². The van der Waals surface area contributed by atoms with E-state index in [2.05, 4.69) is 22.6 Å². The minimum absolute atomic E-state index is 0.0428. The third kappa shape index (κ3) is 5.60. The van der Waals surface area contributed by atoms with Gasteiger partial charge in [-0.25, -0.2) is 9.18 Å². The first-order chi connectivity index (χ1) is 20.3. The van der Waals surface area contributed by atoms with E-state index < -0.39 is 5.82 Å². The molecule has 3 amide bonds. The molecule has 8 nitrogen and oxygen atoms in total. The highest BCUT2D eigenvalue weighted by atomic mass is 35.5. The first-order valence-corrected chi connectivity index (χ1v) is 14.9. The van der Waals surface area contributed by atoms with Crippen LogP contribution in [0.4, 0.5) is 14.9 Å². The number of piperidine rings is 1. The second-order valence-electron chi connectivity index (χ2n) is 11.9. The summed E-state index contributed by atoms with van der Waals surface area (Å²) >= 11 is 5.98. The fourth-order valence-electron chi connectivity index (χ4n) is 6.94. The van der Waals surface area contributed by atoms with E-state index in [0.29, 0.717) is 48.3 Å². The van der Waals surface area contributed by atoms with Gasteiger partial charge in [0.1, 0.15) is 11.6 Å². The Hall–Kier alpha value is -3.90. The molecule has 6 rings (SSSR count).